The number of anilines is 1. The molecule has 0 aromatic carbocycles. The van der Waals surface area contributed by atoms with Gasteiger partial charge < -0.3 is 10.4 Å². The highest BCUT2D eigenvalue weighted by atomic mass is 16.3. The molecule has 1 heterocycles. The number of hydrogen-bond acceptors (Lipinski definition) is 4. The van der Waals surface area contributed by atoms with Crippen molar-refractivity contribution in [3.8, 4) is 6.07 Å². The van der Waals surface area contributed by atoms with E-state index in [1.807, 2.05) is 12.1 Å². The van der Waals surface area contributed by atoms with Crippen LogP contribution >= 0.6 is 0 Å². The van der Waals surface area contributed by atoms with Crippen molar-refractivity contribution >= 4 is 5.69 Å². The van der Waals surface area contributed by atoms with Crippen molar-refractivity contribution in [2.24, 2.45) is 0 Å². The standard InChI is InChI=1S/C13H17N3O/c14-9-12-8-11(4-7-15-12)16-10-13(17)5-2-1-3-6-13/h4,7-8,17H,1-3,5-6,10H2,(H,15,16). The smallest absolute Gasteiger partial charge is 0.142 e. The van der Waals surface area contributed by atoms with Gasteiger partial charge in [0.05, 0.1) is 5.60 Å². The van der Waals surface area contributed by atoms with Gasteiger partial charge in [-0.05, 0) is 25.0 Å². The summed E-state index contributed by atoms with van der Waals surface area (Å²) >= 11 is 0. The first-order chi connectivity index (χ1) is 8.22. The van der Waals surface area contributed by atoms with Gasteiger partial charge in [-0.25, -0.2) is 4.98 Å². The Bertz CT molecular complexity index is 419. The lowest BCUT2D eigenvalue weighted by molar-refractivity contribution is 0.0167. The molecule has 0 radical (unpaired) electrons. The molecule has 17 heavy (non-hydrogen) atoms. The number of aromatic nitrogens is 1. The number of hydrogen-bond donors (Lipinski definition) is 2. The third-order valence-corrected chi connectivity index (χ3v) is 3.28. The van der Waals surface area contributed by atoms with Crippen LogP contribution in [0, 0.1) is 11.3 Å². The van der Waals surface area contributed by atoms with E-state index in [0.717, 1.165) is 31.4 Å². The molecule has 0 spiro atoms. The lowest BCUT2D eigenvalue weighted by Gasteiger charge is -2.32. The van der Waals surface area contributed by atoms with E-state index in [1.54, 1.807) is 12.3 Å². The predicted octanol–water partition coefficient (Wildman–Crippen LogP) is 2.06. The van der Waals surface area contributed by atoms with Gasteiger partial charge in [-0.3, -0.25) is 0 Å². The first-order valence-electron chi connectivity index (χ1n) is 6.04. The van der Waals surface area contributed by atoms with Gasteiger partial charge in [0, 0.05) is 18.4 Å². The fourth-order valence-corrected chi connectivity index (χ4v) is 2.25. The van der Waals surface area contributed by atoms with Gasteiger partial charge in [0.2, 0.25) is 0 Å². The first-order valence-corrected chi connectivity index (χ1v) is 6.04. The zero-order chi connectivity index (χ0) is 12.1. The van der Waals surface area contributed by atoms with Gasteiger partial charge in [-0.15, -0.1) is 0 Å². The van der Waals surface area contributed by atoms with Crippen molar-refractivity contribution in [1.29, 1.82) is 5.26 Å². The quantitative estimate of drug-likeness (QED) is 0.835. The molecule has 1 saturated carbocycles. The van der Waals surface area contributed by atoms with E-state index in [4.69, 9.17) is 5.26 Å². The van der Waals surface area contributed by atoms with E-state index in [-0.39, 0.29) is 0 Å². The Labute approximate surface area is 101 Å². The summed E-state index contributed by atoms with van der Waals surface area (Å²) in [5.74, 6) is 0. The van der Waals surface area contributed by atoms with Crippen LogP contribution in [-0.2, 0) is 0 Å². The number of nitrogens with zero attached hydrogens (tertiary/aromatic N) is 2. The van der Waals surface area contributed by atoms with Crippen molar-refractivity contribution in [2.75, 3.05) is 11.9 Å². The number of nitrogens with one attached hydrogen (secondary N) is 1. The molecule has 0 atom stereocenters. The zero-order valence-electron chi connectivity index (χ0n) is 9.82. The molecular formula is C13H17N3O. The summed E-state index contributed by atoms with van der Waals surface area (Å²) in [5, 5.41) is 22.2. The van der Waals surface area contributed by atoms with Crippen LogP contribution in [0.15, 0.2) is 18.3 Å². The van der Waals surface area contributed by atoms with Gasteiger partial charge in [0.25, 0.3) is 0 Å². The predicted molar refractivity (Wildman–Crippen MR) is 65.5 cm³/mol. The lowest BCUT2D eigenvalue weighted by atomic mass is 9.85. The summed E-state index contributed by atoms with van der Waals surface area (Å²) < 4.78 is 0. The summed E-state index contributed by atoms with van der Waals surface area (Å²) in [6, 6.07) is 5.51. The largest absolute Gasteiger partial charge is 0.388 e. The van der Waals surface area contributed by atoms with E-state index in [9.17, 15) is 5.11 Å². The molecule has 1 aromatic heterocycles. The Morgan fingerprint density at radius 2 is 2.18 bits per heavy atom. The highest BCUT2D eigenvalue weighted by molar-refractivity contribution is 5.46. The normalized spacial score (nSPS) is 18.4. The molecule has 90 valence electrons. The number of aliphatic hydroxyl groups is 1. The van der Waals surface area contributed by atoms with Crippen molar-refractivity contribution in [2.45, 2.75) is 37.7 Å². The van der Waals surface area contributed by atoms with Crippen LogP contribution < -0.4 is 5.32 Å². The molecule has 0 aliphatic heterocycles. The highest BCUT2D eigenvalue weighted by Gasteiger charge is 2.28. The van der Waals surface area contributed by atoms with Crippen molar-refractivity contribution in [3.63, 3.8) is 0 Å². The molecule has 0 saturated heterocycles. The van der Waals surface area contributed by atoms with E-state index < -0.39 is 5.60 Å². The Kier molecular flexibility index (Phi) is 3.60. The van der Waals surface area contributed by atoms with Crippen LogP contribution in [-0.4, -0.2) is 22.2 Å². The molecule has 2 N–H and O–H groups in total. The molecule has 4 nitrogen and oxygen atoms in total. The van der Waals surface area contributed by atoms with Crippen molar-refractivity contribution in [3.05, 3.63) is 24.0 Å². The number of pyridine rings is 1. The van der Waals surface area contributed by atoms with Crippen LogP contribution in [0.2, 0.25) is 0 Å². The van der Waals surface area contributed by atoms with E-state index in [2.05, 4.69) is 10.3 Å². The monoisotopic (exact) mass is 231 g/mol. The Morgan fingerprint density at radius 1 is 1.41 bits per heavy atom. The molecular weight excluding hydrogens is 214 g/mol. The summed E-state index contributed by atoms with van der Waals surface area (Å²) in [6.07, 6.45) is 6.73. The molecule has 0 bridgehead atoms. The van der Waals surface area contributed by atoms with Gasteiger partial charge in [0.15, 0.2) is 0 Å². The van der Waals surface area contributed by atoms with E-state index in [0.29, 0.717) is 12.2 Å². The van der Waals surface area contributed by atoms with Crippen molar-refractivity contribution < 1.29 is 5.11 Å². The lowest BCUT2D eigenvalue weighted by Crippen LogP contribution is -2.38. The number of nitriles is 1. The molecule has 1 aromatic rings. The topological polar surface area (TPSA) is 68.9 Å². The minimum atomic E-state index is -0.589. The second-order valence-electron chi connectivity index (χ2n) is 4.68. The molecule has 2 rings (SSSR count). The second-order valence-corrected chi connectivity index (χ2v) is 4.68. The molecule has 1 aliphatic carbocycles. The van der Waals surface area contributed by atoms with Crippen LogP contribution in [0.3, 0.4) is 0 Å². The van der Waals surface area contributed by atoms with Gasteiger partial charge >= 0.3 is 0 Å². The summed E-state index contributed by atoms with van der Waals surface area (Å²) in [5.41, 5.74) is 0.648. The maximum Gasteiger partial charge on any atom is 0.142 e. The molecule has 1 fully saturated rings. The van der Waals surface area contributed by atoms with Gasteiger partial charge in [-0.1, -0.05) is 19.3 Å². The second kappa shape index (κ2) is 5.15. The Hall–Kier alpha value is -1.60. The molecule has 1 aliphatic rings. The molecule has 0 amide bonds. The van der Waals surface area contributed by atoms with E-state index >= 15 is 0 Å². The fourth-order valence-electron chi connectivity index (χ4n) is 2.25. The van der Waals surface area contributed by atoms with Crippen LogP contribution in [0.25, 0.3) is 0 Å². The Balaban J connectivity index is 1.95. The SMILES string of the molecule is N#Cc1cc(NCC2(O)CCCCC2)ccn1. The number of rotatable bonds is 3. The molecule has 4 heteroatoms. The highest BCUT2D eigenvalue weighted by Crippen LogP contribution is 2.28. The summed E-state index contributed by atoms with van der Waals surface area (Å²) in [7, 11) is 0. The minimum Gasteiger partial charge on any atom is -0.388 e. The van der Waals surface area contributed by atoms with Gasteiger partial charge in [0.1, 0.15) is 11.8 Å². The fraction of sp³-hybridized carbons (Fsp3) is 0.538. The third-order valence-electron chi connectivity index (χ3n) is 3.28. The van der Waals surface area contributed by atoms with Crippen LogP contribution in [0.5, 0.6) is 0 Å². The average Bonchev–Trinajstić information content (AvgIpc) is 2.38. The Morgan fingerprint density at radius 3 is 2.88 bits per heavy atom. The van der Waals surface area contributed by atoms with Crippen LogP contribution in [0.1, 0.15) is 37.8 Å². The summed E-state index contributed by atoms with van der Waals surface area (Å²) in [4.78, 5) is 3.91. The minimum absolute atomic E-state index is 0.394. The van der Waals surface area contributed by atoms with Gasteiger partial charge in [-0.2, -0.15) is 5.26 Å². The molecule has 0 unspecified atom stereocenters. The van der Waals surface area contributed by atoms with Crippen molar-refractivity contribution in [1.82, 2.24) is 4.98 Å². The first kappa shape index (κ1) is 11.9. The van der Waals surface area contributed by atoms with E-state index in [1.165, 1.54) is 6.42 Å². The summed E-state index contributed by atoms with van der Waals surface area (Å²) in [6.45, 7) is 0.544. The third kappa shape index (κ3) is 3.18. The van der Waals surface area contributed by atoms with Crippen LogP contribution in [0.4, 0.5) is 5.69 Å². The zero-order valence-corrected chi connectivity index (χ0v) is 9.82. The maximum atomic E-state index is 10.3. The maximum absolute atomic E-state index is 10.3. The average molecular weight is 231 g/mol.